The molecule has 74 valence electrons. The van der Waals surface area contributed by atoms with Crippen molar-refractivity contribution in [1.82, 2.24) is 0 Å². The van der Waals surface area contributed by atoms with Crippen molar-refractivity contribution in [3.8, 4) is 5.75 Å². The molecule has 0 aliphatic carbocycles. The highest BCUT2D eigenvalue weighted by Crippen LogP contribution is 2.29. The number of hydrogen-bond donors (Lipinski definition) is 0. The standard InChI is InChI=1S/C9H11BrO.C2H6/c1-6-4-7(2)9(11-3)8(10)5-6;1-2/h4-5H,1-3H3;1-2H3. The van der Waals surface area contributed by atoms with Gasteiger partial charge in [-0.3, -0.25) is 0 Å². The van der Waals surface area contributed by atoms with Gasteiger partial charge in [-0.1, -0.05) is 19.9 Å². The summed E-state index contributed by atoms with van der Waals surface area (Å²) in [6, 6.07) is 4.15. The van der Waals surface area contributed by atoms with E-state index in [0.29, 0.717) is 0 Å². The Morgan fingerprint density at radius 1 is 1.15 bits per heavy atom. The predicted octanol–water partition coefficient (Wildman–Crippen LogP) is 4.10. The van der Waals surface area contributed by atoms with E-state index in [4.69, 9.17) is 4.74 Å². The molecule has 0 amide bonds. The van der Waals surface area contributed by atoms with Crippen LogP contribution in [0.1, 0.15) is 25.0 Å². The molecule has 0 aromatic heterocycles. The van der Waals surface area contributed by atoms with Gasteiger partial charge in [0.2, 0.25) is 0 Å². The molecule has 0 bridgehead atoms. The third-order valence-corrected chi connectivity index (χ3v) is 2.17. The van der Waals surface area contributed by atoms with Gasteiger partial charge in [-0.05, 0) is 47.0 Å². The molecule has 0 spiro atoms. The Morgan fingerprint density at radius 3 is 2.08 bits per heavy atom. The van der Waals surface area contributed by atoms with Crippen LogP contribution in [0.15, 0.2) is 16.6 Å². The lowest BCUT2D eigenvalue weighted by atomic mass is 10.1. The van der Waals surface area contributed by atoms with E-state index < -0.39 is 0 Å². The summed E-state index contributed by atoms with van der Waals surface area (Å²) in [7, 11) is 1.68. The molecule has 0 unspecified atom stereocenters. The van der Waals surface area contributed by atoms with Crippen molar-refractivity contribution in [3.63, 3.8) is 0 Å². The first-order chi connectivity index (χ1) is 6.15. The Labute approximate surface area is 89.2 Å². The summed E-state index contributed by atoms with van der Waals surface area (Å²) in [6.45, 7) is 8.10. The zero-order valence-corrected chi connectivity index (χ0v) is 10.5. The summed E-state index contributed by atoms with van der Waals surface area (Å²) in [6.07, 6.45) is 0. The highest BCUT2D eigenvalue weighted by molar-refractivity contribution is 9.10. The molecule has 0 N–H and O–H groups in total. The van der Waals surface area contributed by atoms with Gasteiger partial charge in [0.1, 0.15) is 5.75 Å². The van der Waals surface area contributed by atoms with E-state index in [0.717, 1.165) is 10.2 Å². The Hall–Kier alpha value is -0.500. The molecule has 0 radical (unpaired) electrons. The molecule has 1 rings (SSSR count). The van der Waals surface area contributed by atoms with Gasteiger partial charge in [0.05, 0.1) is 11.6 Å². The predicted molar refractivity (Wildman–Crippen MR) is 61.5 cm³/mol. The molecule has 1 nitrogen and oxygen atoms in total. The lowest BCUT2D eigenvalue weighted by Gasteiger charge is -2.07. The first kappa shape index (κ1) is 12.5. The van der Waals surface area contributed by atoms with Gasteiger partial charge >= 0.3 is 0 Å². The molecular weight excluding hydrogens is 228 g/mol. The number of hydrogen-bond acceptors (Lipinski definition) is 1. The van der Waals surface area contributed by atoms with Crippen molar-refractivity contribution in [2.45, 2.75) is 27.7 Å². The second-order valence-electron chi connectivity index (χ2n) is 2.60. The van der Waals surface area contributed by atoms with E-state index in [2.05, 4.69) is 28.9 Å². The molecular formula is C11H17BrO. The molecule has 0 atom stereocenters. The average Bonchev–Trinajstić information content (AvgIpc) is 2.07. The van der Waals surface area contributed by atoms with Crippen molar-refractivity contribution < 1.29 is 4.74 Å². The van der Waals surface area contributed by atoms with Gasteiger partial charge in [-0.2, -0.15) is 0 Å². The van der Waals surface area contributed by atoms with Crippen LogP contribution in [-0.2, 0) is 0 Å². The van der Waals surface area contributed by atoms with Crippen LogP contribution >= 0.6 is 15.9 Å². The molecule has 0 aliphatic heterocycles. The van der Waals surface area contributed by atoms with Crippen molar-refractivity contribution in [2.24, 2.45) is 0 Å². The summed E-state index contributed by atoms with van der Waals surface area (Å²) in [5.74, 6) is 0.926. The van der Waals surface area contributed by atoms with Crippen LogP contribution in [0.25, 0.3) is 0 Å². The maximum absolute atomic E-state index is 5.18. The topological polar surface area (TPSA) is 9.23 Å². The van der Waals surface area contributed by atoms with Crippen LogP contribution in [0.3, 0.4) is 0 Å². The highest BCUT2D eigenvalue weighted by atomic mass is 79.9. The molecule has 0 heterocycles. The fourth-order valence-corrected chi connectivity index (χ4v) is 2.00. The van der Waals surface area contributed by atoms with Gasteiger partial charge in [0.15, 0.2) is 0 Å². The maximum Gasteiger partial charge on any atom is 0.135 e. The fraction of sp³-hybridized carbons (Fsp3) is 0.455. The summed E-state index contributed by atoms with van der Waals surface area (Å²) in [5, 5.41) is 0. The minimum atomic E-state index is 0.926. The largest absolute Gasteiger partial charge is 0.495 e. The van der Waals surface area contributed by atoms with Crippen LogP contribution in [0.4, 0.5) is 0 Å². The van der Waals surface area contributed by atoms with E-state index >= 15 is 0 Å². The van der Waals surface area contributed by atoms with E-state index in [1.807, 2.05) is 26.8 Å². The van der Waals surface area contributed by atoms with Gasteiger partial charge in [0, 0.05) is 0 Å². The summed E-state index contributed by atoms with van der Waals surface area (Å²) in [4.78, 5) is 0. The third kappa shape index (κ3) is 3.39. The summed E-state index contributed by atoms with van der Waals surface area (Å²) >= 11 is 3.43. The lowest BCUT2D eigenvalue weighted by Crippen LogP contribution is -1.89. The van der Waals surface area contributed by atoms with Crippen LogP contribution in [0.5, 0.6) is 5.75 Å². The van der Waals surface area contributed by atoms with E-state index in [-0.39, 0.29) is 0 Å². The zero-order chi connectivity index (χ0) is 10.4. The summed E-state index contributed by atoms with van der Waals surface area (Å²) in [5.41, 5.74) is 2.41. The molecule has 2 heteroatoms. The normalized spacial score (nSPS) is 8.77. The number of benzene rings is 1. The number of ether oxygens (including phenoxy) is 1. The average molecular weight is 245 g/mol. The minimum Gasteiger partial charge on any atom is -0.495 e. The molecule has 0 fully saturated rings. The van der Waals surface area contributed by atoms with E-state index in [1.165, 1.54) is 11.1 Å². The zero-order valence-electron chi connectivity index (χ0n) is 8.94. The quantitative estimate of drug-likeness (QED) is 0.723. The molecule has 13 heavy (non-hydrogen) atoms. The smallest absolute Gasteiger partial charge is 0.135 e. The third-order valence-electron chi connectivity index (χ3n) is 1.58. The SMILES string of the molecule is CC.COc1c(C)cc(C)cc1Br. The Balaban J connectivity index is 0.000000671. The molecule has 0 saturated heterocycles. The Morgan fingerprint density at radius 2 is 1.69 bits per heavy atom. The van der Waals surface area contributed by atoms with Crippen molar-refractivity contribution in [1.29, 1.82) is 0 Å². The first-order valence-corrected chi connectivity index (χ1v) is 5.25. The van der Waals surface area contributed by atoms with Crippen molar-refractivity contribution in [3.05, 3.63) is 27.7 Å². The number of rotatable bonds is 1. The maximum atomic E-state index is 5.18. The summed E-state index contributed by atoms with van der Waals surface area (Å²) < 4.78 is 6.21. The Bertz CT molecular complexity index is 246. The molecule has 0 saturated carbocycles. The highest BCUT2D eigenvalue weighted by Gasteiger charge is 2.03. The fourth-order valence-electron chi connectivity index (χ4n) is 1.16. The van der Waals surface area contributed by atoms with Crippen LogP contribution in [0, 0.1) is 13.8 Å². The van der Waals surface area contributed by atoms with E-state index in [1.54, 1.807) is 7.11 Å². The molecule has 1 aromatic carbocycles. The Kier molecular flexibility index (Phi) is 5.80. The molecule has 1 aromatic rings. The first-order valence-electron chi connectivity index (χ1n) is 4.46. The van der Waals surface area contributed by atoms with Crippen molar-refractivity contribution in [2.75, 3.05) is 7.11 Å². The van der Waals surface area contributed by atoms with Gasteiger partial charge in [-0.15, -0.1) is 0 Å². The van der Waals surface area contributed by atoms with E-state index in [9.17, 15) is 0 Å². The number of aryl methyl sites for hydroxylation is 2. The number of halogens is 1. The van der Waals surface area contributed by atoms with Crippen LogP contribution in [-0.4, -0.2) is 7.11 Å². The van der Waals surface area contributed by atoms with Crippen LogP contribution in [0.2, 0.25) is 0 Å². The van der Waals surface area contributed by atoms with Gasteiger partial charge in [0.25, 0.3) is 0 Å². The van der Waals surface area contributed by atoms with Crippen molar-refractivity contribution >= 4 is 15.9 Å². The lowest BCUT2D eigenvalue weighted by molar-refractivity contribution is 0.409. The monoisotopic (exact) mass is 244 g/mol. The molecule has 0 aliphatic rings. The second-order valence-corrected chi connectivity index (χ2v) is 3.45. The van der Waals surface area contributed by atoms with Crippen LogP contribution < -0.4 is 4.74 Å². The second kappa shape index (κ2) is 6.03. The number of methoxy groups -OCH3 is 1. The van der Waals surface area contributed by atoms with Gasteiger partial charge in [-0.25, -0.2) is 0 Å². The minimum absolute atomic E-state index is 0.926. The van der Waals surface area contributed by atoms with Gasteiger partial charge < -0.3 is 4.74 Å².